The molecule has 0 saturated carbocycles. The van der Waals surface area contributed by atoms with Crippen molar-refractivity contribution in [2.24, 2.45) is 0 Å². The monoisotopic (exact) mass is 1140 g/mol. The second kappa shape index (κ2) is 59.9. The molecule has 10 heteroatoms. The number of phosphoric ester groups is 1. The van der Waals surface area contributed by atoms with Crippen LogP contribution in [0.4, 0.5) is 0 Å². The van der Waals surface area contributed by atoms with Crippen LogP contribution < -0.4 is 10.2 Å². The summed E-state index contributed by atoms with van der Waals surface area (Å²) in [6.45, 7) is 6.91. The molecule has 3 atom stereocenters. The molecule has 1 amide bonds. The van der Waals surface area contributed by atoms with Crippen LogP contribution in [0.15, 0.2) is 12.2 Å². The number of unbranched alkanes of at least 4 members (excludes halogenated alkanes) is 49. The molecule has 0 radical (unpaired) electrons. The smallest absolute Gasteiger partial charge is 0.306 e. The highest BCUT2D eigenvalue weighted by Gasteiger charge is 2.27. The van der Waals surface area contributed by atoms with Crippen LogP contribution in [0.25, 0.3) is 0 Å². The maximum atomic E-state index is 13.5. The Morgan fingerprint density at radius 2 is 0.722 bits per heavy atom. The van der Waals surface area contributed by atoms with Crippen LogP contribution in [0.3, 0.4) is 0 Å². The van der Waals surface area contributed by atoms with Crippen molar-refractivity contribution < 1.29 is 37.3 Å². The van der Waals surface area contributed by atoms with Gasteiger partial charge < -0.3 is 28.5 Å². The lowest BCUT2D eigenvalue weighted by Crippen LogP contribution is -2.47. The van der Waals surface area contributed by atoms with Crippen molar-refractivity contribution in [2.75, 3.05) is 40.9 Å². The number of likely N-dealkylation sites (N-methyl/N-ethyl adjacent to an activating group) is 1. The van der Waals surface area contributed by atoms with E-state index >= 15 is 0 Å². The minimum atomic E-state index is -4.69. The number of nitrogens with zero attached hydrogens (tertiary/aromatic N) is 1. The molecule has 1 N–H and O–H groups in total. The van der Waals surface area contributed by atoms with E-state index in [1.165, 1.54) is 276 Å². The van der Waals surface area contributed by atoms with Crippen LogP contribution in [0.2, 0.25) is 0 Å². The maximum Gasteiger partial charge on any atom is 0.306 e. The molecule has 0 aromatic carbocycles. The zero-order valence-corrected chi connectivity index (χ0v) is 54.8. The van der Waals surface area contributed by atoms with E-state index in [4.69, 9.17) is 13.8 Å². The summed E-state index contributed by atoms with van der Waals surface area (Å²) in [5.74, 6) is -0.516. The Kier molecular flexibility index (Phi) is 58.9. The van der Waals surface area contributed by atoms with Crippen molar-refractivity contribution in [3.8, 4) is 0 Å². The Labute approximate surface area is 492 Å². The van der Waals surface area contributed by atoms with Crippen molar-refractivity contribution in [3.63, 3.8) is 0 Å². The number of carbonyl (C=O) groups excluding carboxylic acids is 2. The number of carbonyl (C=O) groups is 2. The molecule has 470 valence electrons. The molecule has 0 bridgehead atoms. The molecule has 3 unspecified atom stereocenters. The maximum absolute atomic E-state index is 13.5. The highest BCUT2D eigenvalue weighted by atomic mass is 31.2. The topological polar surface area (TPSA) is 114 Å². The Morgan fingerprint density at radius 1 is 0.430 bits per heavy atom. The first-order valence-corrected chi connectivity index (χ1v) is 36.5. The van der Waals surface area contributed by atoms with Gasteiger partial charge in [0.25, 0.3) is 7.82 Å². The molecular formula is C69H137N2O7P. The summed E-state index contributed by atoms with van der Waals surface area (Å²) < 4.78 is 30.4. The highest BCUT2D eigenvalue weighted by Crippen LogP contribution is 2.38. The Hall–Kier alpha value is -1.25. The Balaban J connectivity index is 4.93. The molecular weight excluding hydrogens is 1000 g/mol. The van der Waals surface area contributed by atoms with Gasteiger partial charge in [-0.3, -0.25) is 14.2 Å². The van der Waals surface area contributed by atoms with E-state index in [0.29, 0.717) is 17.4 Å². The molecule has 0 aliphatic heterocycles. The van der Waals surface area contributed by atoms with Gasteiger partial charge in [-0.25, -0.2) is 0 Å². The van der Waals surface area contributed by atoms with Crippen LogP contribution in [0.5, 0.6) is 0 Å². The van der Waals surface area contributed by atoms with E-state index in [-0.39, 0.29) is 31.5 Å². The third kappa shape index (κ3) is 61.1. The summed E-state index contributed by atoms with van der Waals surface area (Å²) >= 11 is 0. The molecule has 0 spiro atoms. The lowest BCUT2D eigenvalue weighted by Gasteiger charge is -2.30. The van der Waals surface area contributed by atoms with Crippen molar-refractivity contribution in [1.29, 1.82) is 0 Å². The minimum Gasteiger partial charge on any atom is -0.756 e. The number of hydrogen-bond acceptors (Lipinski definition) is 7. The highest BCUT2D eigenvalue weighted by molar-refractivity contribution is 7.45. The molecule has 0 aliphatic carbocycles. The van der Waals surface area contributed by atoms with Crippen LogP contribution in [0, 0.1) is 0 Å². The first-order valence-electron chi connectivity index (χ1n) is 35.0. The first kappa shape index (κ1) is 77.8. The van der Waals surface area contributed by atoms with Crippen molar-refractivity contribution >= 4 is 19.7 Å². The molecule has 0 saturated heterocycles. The zero-order chi connectivity index (χ0) is 57.9. The van der Waals surface area contributed by atoms with Gasteiger partial charge in [0.15, 0.2) is 0 Å². The predicted octanol–water partition coefficient (Wildman–Crippen LogP) is 21.3. The summed E-state index contributed by atoms with van der Waals surface area (Å²) in [5.41, 5.74) is 0. The van der Waals surface area contributed by atoms with E-state index in [0.717, 1.165) is 57.8 Å². The minimum absolute atomic E-state index is 0.0166. The summed E-state index contributed by atoms with van der Waals surface area (Å²) in [5, 5.41) is 3.04. The number of amides is 1. The summed E-state index contributed by atoms with van der Waals surface area (Å²) in [6, 6.07) is -0.880. The van der Waals surface area contributed by atoms with Crippen molar-refractivity contribution in [1.82, 2.24) is 5.32 Å². The van der Waals surface area contributed by atoms with E-state index in [1.54, 1.807) is 0 Å². The van der Waals surface area contributed by atoms with Crippen molar-refractivity contribution in [3.05, 3.63) is 12.2 Å². The van der Waals surface area contributed by atoms with Crippen molar-refractivity contribution in [2.45, 2.75) is 380 Å². The molecule has 9 nitrogen and oxygen atoms in total. The number of allylic oxidation sites excluding steroid dienone is 1. The van der Waals surface area contributed by atoms with Gasteiger partial charge in [-0.1, -0.05) is 335 Å². The summed E-state index contributed by atoms with van der Waals surface area (Å²) in [4.78, 5) is 40.1. The number of quaternary nitrogens is 1. The Bertz CT molecular complexity index is 1360. The number of esters is 1. The van der Waals surface area contributed by atoms with Gasteiger partial charge in [0, 0.05) is 12.8 Å². The molecule has 0 aliphatic rings. The molecule has 0 fully saturated rings. The molecule has 0 rings (SSSR count). The van der Waals surface area contributed by atoms with Gasteiger partial charge in [-0.15, -0.1) is 0 Å². The van der Waals surface area contributed by atoms with Crippen LogP contribution >= 0.6 is 7.82 Å². The number of ether oxygens (including phenoxy) is 1. The van der Waals surface area contributed by atoms with Gasteiger partial charge in [0.2, 0.25) is 5.91 Å². The summed E-state index contributed by atoms with van der Waals surface area (Å²) in [7, 11) is 1.21. The second-order valence-corrected chi connectivity index (χ2v) is 26.8. The van der Waals surface area contributed by atoms with Crippen LogP contribution in [0.1, 0.15) is 367 Å². The van der Waals surface area contributed by atoms with Crippen LogP contribution in [-0.4, -0.2) is 69.4 Å². The molecule has 0 aromatic heterocycles. The fourth-order valence-corrected chi connectivity index (χ4v) is 11.5. The predicted molar refractivity (Wildman–Crippen MR) is 340 cm³/mol. The van der Waals surface area contributed by atoms with E-state index in [2.05, 4.69) is 26.1 Å². The Morgan fingerprint density at radius 3 is 1.04 bits per heavy atom. The van der Waals surface area contributed by atoms with E-state index in [1.807, 2.05) is 33.3 Å². The number of phosphoric acid groups is 1. The molecule has 0 aromatic rings. The van der Waals surface area contributed by atoms with Gasteiger partial charge in [-0.05, 0) is 31.8 Å². The zero-order valence-electron chi connectivity index (χ0n) is 53.9. The summed E-state index contributed by atoms with van der Waals surface area (Å²) in [6.07, 6.45) is 70.6. The number of hydrogen-bond donors (Lipinski definition) is 1. The van der Waals surface area contributed by atoms with E-state index < -0.39 is 20.0 Å². The van der Waals surface area contributed by atoms with Gasteiger partial charge in [0.05, 0.1) is 33.8 Å². The van der Waals surface area contributed by atoms with Crippen LogP contribution in [-0.2, 0) is 27.9 Å². The average molecular weight is 1140 g/mol. The van der Waals surface area contributed by atoms with Gasteiger partial charge in [-0.2, -0.15) is 0 Å². The first-order chi connectivity index (χ1) is 38.4. The van der Waals surface area contributed by atoms with Gasteiger partial charge >= 0.3 is 5.97 Å². The standard InChI is InChI=1S/C69H137N2O7P/c1-7-10-13-16-19-22-25-28-30-31-32-33-34-35-36-37-38-39-40-41-42-44-47-50-53-56-59-62-69(73)78-67(60-57-54-51-48-45-27-24-21-18-15-12-9-3)66(65-77-79(74,75)76-64-63-71(4,5)6)70-68(72)61-58-55-52-49-46-43-29-26-23-20-17-14-11-8-2/h57,60,66-67H,7-56,58-59,61-65H2,1-6H3,(H-,70,72,74,75)/b60-57-. The average Bonchev–Trinajstić information content (AvgIpc) is 3.41. The van der Waals surface area contributed by atoms with E-state index in [9.17, 15) is 19.0 Å². The fraction of sp³-hybridized carbons (Fsp3) is 0.942. The lowest BCUT2D eigenvalue weighted by atomic mass is 10.0. The third-order valence-corrected chi connectivity index (χ3v) is 17.2. The normalized spacial score (nSPS) is 13.6. The molecule has 79 heavy (non-hydrogen) atoms. The largest absolute Gasteiger partial charge is 0.756 e. The number of nitrogens with one attached hydrogen (secondary N) is 1. The van der Waals surface area contributed by atoms with Gasteiger partial charge in [0.1, 0.15) is 19.3 Å². The number of rotatable bonds is 65. The lowest BCUT2D eigenvalue weighted by molar-refractivity contribution is -0.870. The molecule has 0 heterocycles. The second-order valence-electron chi connectivity index (χ2n) is 25.4. The quantitative estimate of drug-likeness (QED) is 0.0212. The SMILES string of the molecule is CCCCCCCCCCCC/C=C\C(OC(=O)CCCCCCCCCCCCCCCCCCCCCCCCCCCCC)C(COP(=O)([O-])OCC[N+](C)(C)C)NC(=O)CCCCCCCCCCCCCCCC. The third-order valence-electron chi connectivity index (χ3n) is 16.2. The fourth-order valence-electron chi connectivity index (χ4n) is 10.8.